The molecule has 2 N–H and O–H groups in total. The van der Waals surface area contributed by atoms with Crippen molar-refractivity contribution in [1.82, 2.24) is 24.7 Å². The Labute approximate surface area is 169 Å². The summed E-state index contributed by atoms with van der Waals surface area (Å²) >= 11 is 0. The molecule has 29 heavy (non-hydrogen) atoms. The van der Waals surface area contributed by atoms with Crippen molar-refractivity contribution in [2.75, 3.05) is 5.32 Å². The lowest BCUT2D eigenvalue weighted by Gasteiger charge is -2.28. The number of rotatable bonds is 5. The van der Waals surface area contributed by atoms with Crippen LogP contribution in [0.5, 0.6) is 0 Å². The van der Waals surface area contributed by atoms with E-state index in [2.05, 4.69) is 25.6 Å². The SMILES string of the molecule is Cc1ccn2cc(CNC(=O)C3CCC(Nc4nccnc4C#N)CC3)nc2c1. The molecule has 4 rings (SSSR count). The molecule has 0 radical (unpaired) electrons. The van der Waals surface area contributed by atoms with Crippen LogP contribution in [0.3, 0.4) is 0 Å². The summed E-state index contributed by atoms with van der Waals surface area (Å²) in [5.41, 5.74) is 3.20. The van der Waals surface area contributed by atoms with Gasteiger partial charge in [-0.15, -0.1) is 0 Å². The van der Waals surface area contributed by atoms with Crippen LogP contribution in [0.15, 0.2) is 36.9 Å². The van der Waals surface area contributed by atoms with Crippen LogP contribution in [0.1, 0.15) is 42.6 Å². The molecule has 8 nitrogen and oxygen atoms in total. The van der Waals surface area contributed by atoms with E-state index in [4.69, 9.17) is 5.26 Å². The number of carbonyl (C=O) groups excluding carboxylic acids is 1. The fourth-order valence-electron chi connectivity index (χ4n) is 3.76. The van der Waals surface area contributed by atoms with Crippen molar-refractivity contribution in [3.05, 3.63) is 53.9 Å². The highest BCUT2D eigenvalue weighted by Gasteiger charge is 2.27. The van der Waals surface area contributed by atoms with Crippen LogP contribution in [-0.2, 0) is 11.3 Å². The van der Waals surface area contributed by atoms with Crippen LogP contribution >= 0.6 is 0 Å². The average Bonchev–Trinajstić information content (AvgIpc) is 3.15. The van der Waals surface area contributed by atoms with Crippen LogP contribution in [0, 0.1) is 24.2 Å². The standard InChI is InChI=1S/C21H23N7O/c1-14-6-9-28-13-17(26-19(28)10-14)12-25-21(29)15-2-4-16(5-3-15)27-20-18(11-22)23-7-8-24-20/h6-10,13,15-16H,2-5,12H2,1H3,(H,24,27)(H,25,29). The summed E-state index contributed by atoms with van der Waals surface area (Å²) < 4.78 is 1.97. The highest BCUT2D eigenvalue weighted by Crippen LogP contribution is 2.27. The molecule has 3 heterocycles. The molecule has 0 aromatic carbocycles. The molecule has 0 aliphatic heterocycles. The Hall–Kier alpha value is -3.47. The van der Waals surface area contributed by atoms with Gasteiger partial charge < -0.3 is 15.0 Å². The maximum absolute atomic E-state index is 12.6. The zero-order valence-electron chi connectivity index (χ0n) is 16.3. The highest BCUT2D eigenvalue weighted by molar-refractivity contribution is 5.78. The van der Waals surface area contributed by atoms with Crippen molar-refractivity contribution in [3.63, 3.8) is 0 Å². The molecule has 1 amide bonds. The van der Waals surface area contributed by atoms with E-state index >= 15 is 0 Å². The molecule has 1 fully saturated rings. The number of hydrogen-bond donors (Lipinski definition) is 2. The normalized spacial score (nSPS) is 18.9. The second kappa shape index (κ2) is 8.27. The van der Waals surface area contributed by atoms with Gasteiger partial charge in [0.25, 0.3) is 0 Å². The number of aromatic nitrogens is 4. The van der Waals surface area contributed by atoms with Crippen molar-refractivity contribution in [3.8, 4) is 6.07 Å². The second-order valence-electron chi connectivity index (χ2n) is 7.48. The fraction of sp³-hybridized carbons (Fsp3) is 0.381. The zero-order valence-corrected chi connectivity index (χ0v) is 16.3. The van der Waals surface area contributed by atoms with Crippen molar-refractivity contribution >= 4 is 17.4 Å². The highest BCUT2D eigenvalue weighted by atomic mass is 16.1. The summed E-state index contributed by atoms with van der Waals surface area (Å²) in [4.78, 5) is 25.4. The Morgan fingerprint density at radius 2 is 2.07 bits per heavy atom. The third kappa shape index (κ3) is 4.35. The average molecular weight is 389 g/mol. The third-order valence-electron chi connectivity index (χ3n) is 5.35. The Morgan fingerprint density at radius 3 is 2.86 bits per heavy atom. The van der Waals surface area contributed by atoms with Gasteiger partial charge in [-0.2, -0.15) is 5.26 Å². The molecule has 0 unspecified atom stereocenters. The lowest BCUT2D eigenvalue weighted by atomic mass is 9.85. The van der Waals surface area contributed by atoms with Gasteiger partial charge in [0.2, 0.25) is 5.91 Å². The number of anilines is 1. The topological polar surface area (TPSA) is 108 Å². The van der Waals surface area contributed by atoms with Gasteiger partial charge in [0.15, 0.2) is 11.5 Å². The largest absolute Gasteiger partial charge is 0.365 e. The summed E-state index contributed by atoms with van der Waals surface area (Å²) in [6, 6.07) is 6.30. The van der Waals surface area contributed by atoms with Gasteiger partial charge in [0.05, 0.1) is 12.2 Å². The van der Waals surface area contributed by atoms with Crippen molar-refractivity contribution < 1.29 is 4.79 Å². The first kappa shape index (κ1) is 18.9. The van der Waals surface area contributed by atoms with E-state index in [-0.39, 0.29) is 17.9 Å². The molecule has 0 spiro atoms. The third-order valence-corrected chi connectivity index (χ3v) is 5.35. The van der Waals surface area contributed by atoms with Gasteiger partial charge >= 0.3 is 0 Å². The molecule has 1 saturated carbocycles. The van der Waals surface area contributed by atoms with Crippen LogP contribution in [0.2, 0.25) is 0 Å². The maximum atomic E-state index is 12.6. The molecule has 0 atom stereocenters. The van der Waals surface area contributed by atoms with Crippen molar-refractivity contribution in [2.24, 2.45) is 5.92 Å². The number of amides is 1. The number of nitrogens with one attached hydrogen (secondary N) is 2. The number of nitriles is 1. The predicted molar refractivity (Wildman–Crippen MR) is 108 cm³/mol. The van der Waals surface area contributed by atoms with Gasteiger partial charge in [-0.25, -0.2) is 15.0 Å². The van der Waals surface area contributed by atoms with E-state index in [9.17, 15) is 4.79 Å². The van der Waals surface area contributed by atoms with Crippen LogP contribution in [0.4, 0.5) is 5.82 Å². The minimum absolute atomic E-state index is 0.00428. The Balaban J connectivity index is 1.28. The van der Waals surface area contributed by atoms with Crippen LogP contribution < -0.4 is 10.6 Å². The summed E-state index contributed by atoms with van der Waals surface area (Å²) in [5, 5.41) is 15.4. The van der Waals surface area contributed by atoms with Crippen LogP contribution in [-0.4, -0.2) is 31.3 Å². The first-order valence-corrected chi connectivity index (χ1v) is 9.82. The molecular formula is C21H23N7O. The number of nitrogens with zero attached hydrogens (tertiary/aromatic N) is 5. The Kier molecular flexibility index (Phi) is 5.38. The minimum Gasteiger partial charge on any atom is -0.365 e. The zero-order chi connectivity index (χ0) is 20.2. The first-order valence-electron chi connectivity index (χ1n) is 9.82. The number of aryl methyl sites for hydroxylation is 1. The predicted octanol–water partition coefficient (Wildman–Crippen LogP) is 2.59. The molecule has 8 heteroatoms. The summed E-state index contributed by atoms with van der Waals surface area (Å²) in [7, 11) is 0. The summed E-state index contributed by atoms with van der Waals surface area (Å²) in [6.07, 6.45) is 10.3. The molecule has 148 valence electrons. The first-order chi connectivity index (χ1) is 14.1. The molecule has 0 saturated heterocycles. The molecule has 1 aliphatic carbocycles. The number of carbonyl (C=O) groups is 1. The lowest BCUT2D eigenvalue weighted by molar-refractivity contribution is -0.126. The van der Waals surface area contributed by atoms with Crippen LogP contribution in [0.25, 0.3) is 5.65 Å². The van der Waals surface area contributed by atoms with E-state index in [1.54, 1.807) is 6.20 Å². The molecule has 3 aromatic heterocycles. The van der Waals surface area contributed by atoms with Gasteiger partial charge in [0.1, 0.15) is 11.7 Å². The number of imidazole rings is 1. The van der Waals surface area contributed by atoms with Gasteiger partial charge in [-0.3, -0.25) is 4.79 Å². The summed E-state index contributed by atoms with van der Waals surface area (Å²) in [5.74, 6) is 0.600. The van der Waals surface area contributed by atoms with E-state index in [1.165, 1.54) is 6.20 Å². The monoisotopic (exact) mass is 389 g/mol. The number of hydrogen-bond acceptors (Lipinski definition) is 6. The Bertz CT molecular complexity index is 1060. The lowest BCUT2D eigenvalue weighted by Crippen LogP contribution is -2.35. The van der Waals surface area contributed by atoms with E-state index in [0.29, 0.717) is 18.1 Å². The molecule has 3 aromatic rings. The summed E-state index contributed by atoms with van der Waals surface area (Å²) in [6.45, 7) is 2.47. The fourth-order valence-corrected chi connectivity index (χ4v) is 3.76. The second-order valence-corrected chi connectivity index (χ2v) is 7.48. The van der Waals surface area contributed by atoms with E-state index < -0.39 is 0 Å². The van der Waals surface area contributed by atoms with E-state index in [0.717, 1.165) is 42.6 Å². The molecular weight excluding hydrogens is 366 g/mol. The maximum Gasteiger partial charge on any atom is 0.223 e. The quantitative estimate of drug-likeness (QED) is 0.694. The van der Waals surface area contributed by atoms with Crippen molar-refractivity contribution in [2.45, 2.75) is 45.2 Å². The minimum atomic E-state index is 0.00428. The number of pyridine rings is 1. The van der Waals surface area contributed by atoms with Gasteiger partial charge in [-0.1, -0.05) is 0 Å². The number of fused-ring (bicyclic) bond motifs is 1. The Morgan fingerprint density at radius 1 is 1.28 bits per heavy atom. The van der Waals surface area contributed by atoms with Gasteiger partial charge in [-0.05, 0) is 50.3 Å². The van der Waals surface area contributed by atoms with Crippen molar-refractivity contribution in [1.29, 1.82) is 5.26 Å². The smallest absolute Gasteiger partial charge is 0.223 e. The van der Waals surface area contributed by atoms with Gasteiger partial charge in [0, 0.05) is 36.7 Å². The molecule has 0 bridgehead atoms. The molecule has 1 aliphatic rings. The van der Waals surface area contributed by atoms with E-state index in [1.807, 2.05) is 41.9 Å².